The molecular formula is C10H13Br2NO2. The molecule has 0 saturated heterocycles. The van der Waals surface area contributed by atoms with Crippen molar-refractivity contribution in [3.63, 3.8) is 0 Å². The zero-order chi connectivity index (χ0) is 11.3. The minimum absolute atomic E-state index is 0.0992. The molecule has 0 saturated carbocycles. The van der Waals surface area contributed by atoms with E-state index in [1.165, 1.54) is 6.26 Å². The molecule has 1 N–H and O–H groups in total. The van der Waals surface area contributed by atoms with Gasteiger partial charge in [0.05, 0.1) is 11.8 Å². The molecule has 84 valence electrons. The lowest BCUT2D eigenvalue weighted by molar-refractivity contribution is 0.0951. The van der Waals surface area contributed by atoms with E-state index >= 15 is 0 Å². The Labute approximate surface area is 106 Å². The van der Waals surface area contributed by atoms with Gasteiger partial charge in [-0.2, -0.15) is 0 Å². The molecule has 1 unspecified atom stereocenters. The van der Waals surface area contributed by atoms with Crippen LogP contribution in [0.15, 0.2) is 21.4 Å². The number of amides is 1. The molecule has 5 heteroatoms. The van der Waals surface area contributed by atoms with Crippen molar-refractivity contribution in [3.8, 4) is 0 Å². The minimum atomic E-state index is -0.0992. The molecule has 0 radical (unpaired) electrons. The van der Waals surface area contributed by atoms with Gasteiger partial charge in [-0.3, -0.25) is 4.79 Å². The molecule has 1 atom stereocenters. The fourth-order valence-electron chi connectivity index (χ4n) is 1.14. The summed E-state index contributed by atoms with van der Waals surface area (Å²) in [5.41, 5.74) is 0.543. The van der Waals surface area contributed by atoms with Gasteiger partial charge in [0.2, 0.25) is 0 Å². The van der Waals surface area contributed by atoms with E-state index in [-0.39, 0.29) is 5.91 Å². The third kappa shape index (κ3) is 4.38. The van der Waals surface area contributed by atoms with Crippen molar-refractivity contribution in [1.82, 2.24) is 5.32 Å². The summed E-state index contributed by atoms with van der Waals surface area (Å²) in [6, 6.07) is 1.65. The van der Waals surface area contributed by atoms with Crippen LogP contribution in [0.4, 0.5) is 0 Å². The Kier molecular flexibility index (Phi) is 5.39. The molecule has 1 amide bonds. The number of carbonyl (C=O) groups is 1. The van der Waals surface area contributed by atoms with Crippen molar-refractivity contribution >= 4 is 37.8 Å². The average Bonchev–Trinajstić information content (AvgIpc) is 2.58. The van der Waals surface area contributed by atoms with Crippen molar-refractivity contribution in [3.05, 3.63) is 22.6 Å². The lowest BCUT2D eigenvalue weighted by Crippen LogP contribution is -2.24. The molecule has 0 aliphatic carbocycles. The summed E-state index contributed by atoms with van der Waals surface area (Å²) in [5.74, 6) is -0.0992. The predicted octanol–water partition coefficient (Wildman–Crippen LogP) is 3.34. The van der Waals surface area contributed by atoms with Crippen molar-refractivity contribution in [2.75, 3.05) is 6.54 Å². The summed E-state index contributed by atoms with van der Waals surface area (Å²) in [6.07, 6.45) is 3.50. The second-order valence-electron chi connectivity index (χ2n) is 3.29. The molecule has 0 aliphatic heterocycles. The second-order valence-corrected chi connectivity index (χ2v) is 5.57. The number of nitrogens with one attached hydrogen (secondary N) is 1. The highest BCUT2D eigenvalue weighted by atomic mass is 79.9. The van der Waals surface area contributed by atoms with Crippen molar-refractivity contribution < 1.29 is 9.21 Å². The van der Waals surface area contributed by atoms with E-state index < -0.39 is 0 Å². The second kappa shape index (κ2) is 6.33. The molecule has 1 aromatic rings. The smallest absolute Gasteiger partial charge is 0.255 e. The Balaban J connectivity index is 2.28. The Morgan fingerprint density at radius 2 is 2.40 bits per heavy atom. The van der Waals surface area contributed by atoms with Gasteiger partial charge in [0.15, 0.2) is 4.67 Å². The Morgan fingerprint density at radius 1 is 1.67 bits per heavy atom. The number of halogens is 2. The van der Waals surface area contributed by atoms with Gasteiger partial charge in [0.25, 0.3) is 5.91 Å². The molecule has 1 aromatic heterocycles. The number of alkyl halides is 1. The standard InChI is InChI=1S/C10H13Br2NO2/c1-7(11)3-2-5-13-10(14)8-4-6-15-9(8)12/h4,6-7H,2-3,5H2,1H3,(H,13,14). The topological polar surface area (TPSA) is 42.2 Å². The molecule has 1 rings (SSSR count). The van der Waals surface area contributed by atoms with E-state index in [2.05, 4.69) is 44.1 Å². The predicted molar refractivity (Wildman–Crippen MR) is 66.4 cm³/mol. The van der Waals surface area contributed by atoms with E-state index in [4.69, 9.17) is 4.42 Å². The van der Waals surface area contributed by atoms with Gasteiger partial charge in [0, 0.05) is 11.4 Å². The van der Waals surface area contributed by atoms with Crippen LogP contribution in [-0.2, 0) is 0 Å². The highest BCUT2D eigenvalue weighted by molar-refractivity contribution is 9.10. The maximum atomic E-state index is 11.6. The van der Waals surface area contributed by atoms with Crippen LogP contribution in [0.5, 0.6) is 0 Å². The van der Waals surface area contributed by atoms with Gasteiger partial charge in [-0.1, -0.05) is 22.9 Å². The third-order valence-electron chi connectivity index (χ3n) is 1.93. The molecule has 3 nitrogen and oxygen atoms in total. The Bertz CT molecular complexity index is 323. The van der Waals surface area contributed by atoms with E-state index in [0.717, 1.165) is 12.8 Å². The molecule has 15 heavy (non-hydrogen) atoms. The van der Waals surface area contributed by atoms with Crippen molar-refractivity contribution in [2.24, 2.45) is 0 Å². The van der Waals surface area contributed by atoms with Crippen LogP contribution >= 0.6 is 31.9 Å². The summed E-state index contributed by atoms with van der Waals surface area (Å²) in [6.45, 7) is 2.78. The quantitative estimate of drug-likeness (QED) is 0.661. The largest absolute Gasteiger partial charge is 0.457 e. The lowest BCUT2D eigenvalue weighted by atomic mass is 10.2. The number of rotatable bonds is 5. The van der Waals surface area contributed by atoms with Crippen LogP contribution in [0.25, 0.3) is 0 Å². The summed E-state index contributed by atoms with van der Waals surface area (Å²) < 4.78 is 5.46. The van der Waals surface area contributed by atoms with Crippen LogP contribution in [-0.4, -0.2) is 17.3 Å². The molecule has 0 spiro atoms. The van der Waals surface area contributed by atoms with Crippen LogP contribution in [0.2, 0.25) is 0 Å². The molecule has 1 heterocycles. The van der Waals surface area contributed by atoms with Gasteiger partial charge < -0.3 is 9.73 Å². The Morgan fingerprint density at radius 3 is 2.93 bits per heavy atom. The number of carbonyl (C=O) groups excluding carboxylic acids is 1. The monoisotopic (exact) mass is 337 g/mol. The fraction of sp³-hybridized carbons (Fsp3) is 0.500. The highest BCUT2D eigenvalue weighted by Crippen LogP contribution is 2.17. The van der Waals surface area contributed by atoms with Gasteiger partial charge in [-0.05, 0) is 34.8 Å². The first-order valence-corrected chi connectivity index (χ1v) is 6.47. The maximum absolute atomic E-state index is 11.6. The SMILES string of the molecule is CC(Br)CCCNC(=O)c1ccoc1Br. The van der Waals surface area contributed by atoms with Gasteiger partial charge in [-0.25, -0.2) is 0 Å². The van der Waals surface area contributed by atoms with Crippen LogP contribution < -0.4 is 5.32 Å². The van der Waals surface area contributed by atoms with Gasteiger partial charge in [-0.15, -0.1) is 0 Å². The van der Waals surface area contributed by atoms with Crippen molar-refractivity contribution in [1.29, 1.82) is 0 Å². The first-order valence-electron chi connectivity index (χ1n) is 4.76. The van der Waals surface area contributed by atoms with Crippen LogP contribution in [0.1, 0.15) is 30.1 Å². The number of hydrogen-bond donors (Lipinski definition) is 1. The summed E-state index contributed by atoms with van der Waals surface area (Å²) in [5, 5.41) is 2.83. The normalized spacial score (nSPS) is 12.5. The Hall–Kier alpha value is -0.290. The molecule has 0 aliphatic rings. The first kappa shape index (κ1) is 12.8. The lowest BCUT2D eigenvalue weighted by Gasteiger charge is -2.04. The average molecular weight is 339 g/mol. The summed E-state index contributed by atoms with van der Waals surface area (Å²) in [4.78, 5) is 12.1. The van der Waals surface area contributed by atoms with E-state index in [1.807, 2.05) is 0 Å². The third-order valence-corrected chi connectivity index (χ3v) is 3.00. The fourth-order valence-corrected chi connectivity index (χ4v) is 1.88. The van der Waals surface area contributed by atoms with E-state index in [9.17, 15) is 4.79 Å². The first-order chi connectivity index (χ1) is 7.11. The molecular weight excluding hydrogens is 326 g/mol. The maximum Gasteiger partial charge on any atom is 0.255 e. The zero-order valence-electron chi connectivity index (χ0n) is 8.43. The highest BCUT2D eigenvalue weighted by Gasteiger charge is 2.11. The van der Waals surface area contributed by atoms with Crippen LogP contribution in [0, 0.1) is 0 Å². The van der Waals surface area contributed by atoms with Crippen molar-refractivity contribution in [2.45, 2.75) is 24.6 Å². The molecule has 0 fully saturated rings. The van der Waals surface area contributed by atoms with Gasteiger partial charge in [0.1, 0.15) is 0 Å². The summed E-state index contributed by atoms with van der Waals surface area (Å²) >= 11 is 6.62. The van der Waals surface area contributed by atoms with Crippen LogP contribution in [0.3, 0.4) is 0 Å². The van der Waals surface area contributed by atoms with Gasteiger partial charge >= 0.3 is 0 Å². The summed E-state index contributed by atoms with van der Waals surface area (Å²) in [7, 11) is 0. The molecule has 0 aromatic carbocycles. The number of furan rings is 1. The zero-order valence-corrected chi connectivity index (χ0v) is 11.6. The van der Waals surface area contributed by atoms with E-state index in [1.54, 1.807) is 6.07 Å². The molecule has 0 bridgehead atoms. The van der Waals surface area contributed by atoms with E-state index in [0.29, 0.717) is 21.6 Å². The number of hydrogen-bond acceptors (Lipinski definition) is 2. The minimum Gasteiger partial charge on any atom is -0.457 e.